The largest absolute Gasteiger partial charge is 0.468 e. The van der Waals surface area contributed by atoms with Gasteiger partial charge in [-0.05, 0) is 38.8 Å². The fraction of sp³-hybridized carbons (Fsp3) is 0.588. The fourth-order valence-electron chi connectivity index (χ4n) is 3.28. The molecule has 1 aliphatic heterocycles. The number of rotatable bonds is 5. The average Bonchev–Trinajstić information content (AvgIpc) is 2.88. The van der Waals surface area contributed by atoms with Crippen molar-refractivity contribution in [3.8, 4) is 0 Å². The Balaban J connectivity index is 2.20. The minimum atomic E-state index is -0.467. The summed E-state index contributed by atoms with van der Waals surface area (Å²) in [6, 6.07) is -0.385. The molecule has 0 saturated carbocycles. The summed E-state index contributed by atoms with van der Waals surface area (Å²) in [5.74, 6) is -0.926. The highest BCUT2D eigenvalue weighted by Gasteiger charge is 2.32. The van der Waals surface area contributed by atoms with E-state index in [4.69, 9.17) is 9.47 Å². The van der Waals surface area contributed by atoms with E-state index < -0.39 is 5.97 Å². The summed E-state index contributed by atoms with van der Waals surface area (Å²) in [5.41, 5.74) is 1.97. The molecule has 24 heavy (non-hydrogen) atoms. The number of ether oxygens (including phenoxy) is 2. The highest BCUT2D eigenvalue weighted by Crippen LogP contribution is 2.22. The Morgan fingerprint density at radius 3 is 2.50 bits per heavy atom. The van der Waals surface area contributed by atoms with Crippen LogP contribution in [-0.4, -0.2) is 61.0 Å². The molecular weight excluding hydrogens is 312 g/mol. The molecule has 1 aromatic rings. The van der Waals surface area contributed by atoms with Crippen molar-refractivity contribution in [2.45, 2.75) is 39.2 Å². The maximum atomic E-state index is 12.7. The molecule has 0 aliphatic carbocycles. The number of piperidine rings is 1. The maximum absolute atomic E-state index is 12.7. The van der Waals surface area contributed by atoms with Crippen LogP contribution in [0.2, 0.25) is 0 Å². The van der Waals surface area contributed by atoms with Crippen molar-refractivity contribution >= 4 is 17.7 Å². The molecule has 1 saturated heterocycles. The van der Waals surface area contributed by atoms with E-state index in [1.165, 1.54) is 14.2 Å². The third kappa shape index (κ3) is 3.51. The number of aromatic amines is 1. The number of nitrogens with zero attached hydrogens (tertiary/aromatic N) is 1. The summed E-state index contributed by atoms with van der Waals surface area (Å²) < 4.78 is 9.60. The highest BCUT2D eigenvalue weighted by molar-refractivity contribution is 6.02. The molecule has 2 rings (SSSR count). The number of hydrogen-bond donors (Lipinski definition) is 1. The molecule has 0 radical (unpaired) electrons. The molecule has 1 aromatic heterocycles. The molecule has 2 heterocycles. The molecule has 7 nitrogen and oxygen atoms in total. The molecular formula is C17H24N2O5. The molecule has 1 atom stereocenters. The number of aromatic nitrogens is 1. The summed E-state index contributed by atoms with van der Waals surface area (Å²) >= 11 is 0. The number of nitrogens with one attached hydrogen (secondary N) is 1. The van der Waals surface area contributed by atoms with Crippen molar-refractivity contribution in [2.75, 3.05) is 27.3 Å². The first-order chi connectivity index (χ1) is 11.4. The Labute approximate surface area is 141 Å². The van der Waals surface area contributed by atoms with Crippen LogP contribution >= 0.6 is 0 Å². The Kier molecular flexibility index (Phi) is 5.77. The van der Waals surface area contributed by atoms with Gasteiger partial charge in [0.1, 0.15) is 6.04 Å². The zero-order valence-corrected chi connectivity index (χ0v) is 14.6. The van der Waals surface area contributed by atoms with E-state index in [0.717, 1.165) is 12.8 Å². The van der Waals surface area contributed by atoms with Gasteiger partial charge in [-0.25, -0.2) is 4.79 Å². The SMILES string of the molecule is COC(=O)c1c(C)[nH]c(C(=O)CN2CCCC[C@@H]2C(=O)OC)c1C. The van der Waals surface area contributed by atoms with Crippen LogP contribution in [0.1, 0.15) is 51.4 Å². The minimum absolute atomic E-state index is 0.112. The van der Waals surface area contributed by atoms with Crippen LogP contribution in [-0.2, 0) is 14.3 Å². The molecule has 0 amide bonds. The number of carbonyl (C=O) groups excluding carboxylic acids is 3. The van der Waals surface area contributed by atoms with Crippen LogP contribution in [0.4, 0.5) is 0 Å². The van der Waals surface area contributed by atoms with E-state index in [1.54, 1.807) is 13.8 Å². The van der Waals surface area contributed by atoms with Gasteiger partial charge >= 0.3 is 11.9 Å². The number of H-pyrrole nitrogens is 1. The number of hydrogen-bond acceptors (Lipinski definition) is 6. The van der Waals surface area contributed by atoms with Crippen molar-refractivity contribution in [1.29, 1.82) is 0 Å². The summed E-state index contributed by atoms with van der Waals surface area (Å²) in [6.45, 7) is 4.24. The lowest BCUT2D eigenvalue weighted by atomic mass is 10.0. The second kappa shape index (κ2) is 7.61. The molecule has 7 heteroatoms. The zero-order chi connectivity index (χ0) is 17.9. The van der Waals surface area contributed by atoms with Gasteiger partial charge in [0.2, 0.25) is 0 Å². The second-order valence-electron chi connectivity index (χ2n) is 6.04. The molecule has 0 aromatic carbocycles. The molecule has 0 spiro atoms. The second-order valence-corrected chi connectivity index (χ2v) is 6.04. The monoisotopic (exact) mass is 336 g/mol. The maximum Gasteiger partial charge on any atom is 0.339 e. The lowest BCUT2D eigenvalue weighted by molar-refractivity contribution is -0.148. The number of methoxy groups -OCH3 is 2. The summed E-state index contributed by atoms with van der Waals surface area (Å²) in [4.78, 5) is 41.3. The predicted octanol–water partition coefficient (Wildman–Crippen LogP) is 1.63. The van der Waals surface area contributed by atoms with E-state index in [-0.39, 0.29) is 24.3 Å². The third-order valence-electron chi connectivity index (χ3n) is 4.54. The van der Waals surface area contributed by atoms with Gasteiger partial charge in [-0.2, -0.15) is 0 Å². The van der Waals surface area contributed by atoms with E-state index in [9.17, 15) is 14.4 Å². The number of Topliss-reactive ketones (excluding diaryl/α,β-unsaturated/α-hetero) is 1. The van der Waals surface area contributed by atoms with E-state index in [0.29, 0.717) is 35.5 Å². The summed E-state index contributed by atoms with van der Waals surface area (Å²) in [7, 11) is 2.67. The van der Waals surface area contributed by atoms with Gasteiger partial charge in [-0.3, -0.25) is 14.5 Å². The van der Waals surface area contributed by atoms with Gasteiger partial charge in [-0.1, -0.05) is 6.42 Å². The molecule has 0 bridgehead atoms. The number of esters is 2. The van der Waals surface area contributed by atoms with Crippen molar-refractivity contribution in [3.05, 3.63) is 22.5 Å². The Bertz CT molecular complexity index is 650. The molecule has 132 valence electrons. The molecule has 1 aliphatic rings. The van der Waals surface area contributed by atoms with Gasteiger partial charge in [0.15, 0.2) is 5.78 Å². The number of ketones is 1. The van der Waals surface area contributed by atoms with Crippen molar-refractivity contribution in [3.63, 3.8) is 0 Å². The van der Waals surface area contributed by atoms with Gasteiger partial charge < -0.3 is 14.5 Å². The van der Waals surface area contributed by atoms with E-state index in [1.807, 2.05) is 4.90 Å². The number of aryl methyl sites for hydroxylation is 1. The van der Waals surface area contributed by atoms with Crippen LogP contribution in [0.3, 0.4) is 0 Å². The van der Waals surface area contributed by atoms with Gasteiger partial charge in [0.25, 0.3) is 0 Å². The first kappa shape index (κ1) is 18.2. The van der Waals surface area contributed by atoms with Crippen molar-refractivity contribution in [1.82, 2.24) is 9.88 Å². The first-order valence-corrected chi connectivity index (χ1v) is 8.03. The van der Waals surface area contributed by atoms with Crippen LogP contribution in [0.25, 0.3) is 0 Å². The normalized spacial score (nSPS) is 18.2. The summed E-state index contributed by atoms with van der Waals surface area (Å²) in [6.07, 6.45) is 2.57. The van der Waals surface area contributed by atoms with E-state index in [2.05, 4.69) is 4.98 Å². The molecule has 1 N–H and O–H groups in total. The van der Waals surface area contributed by atoms with Gasteiger partial charge in [-0.15, -0.1) is 0 Å². The lowest BCUT2D eigenvalue weighted by Crippen LogP contribution is -2.47. The number of likely N-dealkylation sites (tertiary alicyclic amines) is 1. The summed E-state index contributed by atoms with van der Waals surface area (Å²) in [5, 5.41) is 0. The lowest BCUT2D eigenvalue weighted by Gasteiger charge is -2.32. The Morgan fingerprint density at radius 1 is 1.17 bits per heavy atom. The van der Waals surface area contributed by atoms with Gasteiger partial charge in [0, 0.05) is 5.69 Å². The van der Waals surface area contributed by atoms with Crippen LogP contribution < -0.4 is 0 Å². The minimum Gasteiger partial charge on any atom is -0.468 e. The quantitative estimate of drug-likeness (QED) is 0.649. The third-order valence-corrected chi connectivity index (χ3v) is 4.54. The van der Waals surface area contributed by atoms with Crippen LogP contribution in [0.5, 0.6) is 0 Å². The zero-order valence-electron chi connectivity index (χ0n) is 14.6. The Hall–Kier alpha value is -2.15. The van der Waals surface area contributed by atoms with Crippen LogP contribution in [0.15, 0.2) is 0 Å². The van der Waals surface area contributed by atoms with E-state index >= 15 is 0 Å². The van der Waals surface area contributed by atoms with Crippen molar-refractivity contribution in [2.24, 2.45) is 0 Å². The smallest absolute Gasteiger partial charge is 0.339 e. The topological polar surface area (TPSA) is 88.7 Å². The standard InChI is InChI=1S/C17H24N2O5/c1-10-14(17(22)24-4)11(2)18-15(10)13(20)9-19-8-6-5-7-12(19)16(21)23-3/h12,18H,5-9H2,1-4H3/t12-/m1/s1. The Morgan fingerprint density at radius 2 is 1.88 bits per heavy atom. The molecule has 1 fully saturated rings. The average molecular weight is 336 g/mol. The molecule has 0 unspecified atom stereocenters. The highest BCUT2D eigenvalue weighted by atomic mass is 16.5. The first-order valence-electron chi connectivity index (χ1n) is 8.03. The number of carbonyl (C=O) groups is 3. The van der Waals surface area contributed by atoms with Crippen molar-refractivity contribution < 1.29 is 23.9 Å². The van der Waals surface area contributed by atoms with Crippen LogP contribution in [0, 0.1) is 13.8 Å². The fourth-order valence-corrected chi connectivity index (χ4v) is 3.28. The predicted molar refractivity (Wildman–Crippen MR) is 87.2 cm³/mol. The van der Waals surface area contributed by atoms with Gasteiger partial charge in [0.05, 0.1) is 32.0 Å².